The molecule has 6 nitrogen and oxygen atoms in total. The largest absolute Gasteiger partial charge is 0.491 e. The van der Waals surface area contributed by atoms with Gasteiger partial charge in [0.25, 0.3) is 0 Å². The van der Waals surface area contributed by atoms with Crippen LogP contribution in [-0.4, -0.2) is 31.1 Å². The van der Waals surface area contributed by atoms with Gasteiger partial charge in [0.05, 0.1) is 29.5 Å². The fourth-order valence-corrected chi connectivity index (χ4v) is 4.23. The molecule has 28 heavy (non-hydrogen) atoms. The van der Waals surface area contributed by atoms with Gasteiger partial charge in [-0.3, -0.25) is 0 Å². The van der Waals surface area contributed by atoms with Gasteiger partial charge in [-0.25, -0.2) is 0 Å². The van der Waals surface area contributed by atoms with Gasteiger partial charge in [-0.1, -0.05) is 18.2 Å². The van der Waals surface area contributed by atoms with Gasteiger partial charge in [0, 0.05) is 24.9 Å². The molecule has 2 aliphatic rings. The first-order chi connectivity index (χ1) is 13.4. The molecule has 1 aromatic carbocycles. The van der Waals surface area contributed by atoms with Crippen LogP contribution in [0.3, 0.4) is 0 Å². The van der Waals surface area contributed by atoms with Crippen molar-refractivity contribution in [1.29, 1.82) is 15.8 Å². The predicted molar refractivity (Wildman–Crippen MR) is 105 cm³/mol. The van der Waals surface area contributed by atoms with Gasteiger partial charge in [-0.2, -0.15) is 15.8 Å². The number of ether oxygens (including phenoxy) is 1. The van der Waals surface area contributed by atoms with Crippen molar-refractivity contribution in [3.63, 3.8) is 0 Å². The fraction of sp³-hybridized carbons (Fsp3) is 0.409. The second-order valence-electron chi connectivity index (χ2n) is 7.63. The van der Waals surface area contributed by atoms with Crippen molar-refractivity contribution in [3.8, 4) is 24.0 Å². The molecule has 0 unspecified atom stereocenters. The fourth-order valence-electron chi connectivity index (χ4n) is 4.23. The van der Waals surface area contributed by atoms with E-state index in [1.165, 1.54) is 0 Å². The van der Waals surface area contributed by atoms with Gasteiger partial charge in [0.15, 0.2) is 5.41 Å². The van der Waals surface area contributed by atoms with E-state index in [9.17, 15) is 15.8 Å². The van der Waals surface area contributed by atoms with E-state index in [-0.39, 0.29) is 23.3 Å². The summed E-state index contributed by atoms with van der Waals surface area (Å²) in [5.41, 5.74) is 6.70. The molecule has 2 atom stereocenters. The smallest absolute Gasteiger partial charge is 0.191 e. The van der Waals surface area contributed by atoms with Gasteiger partial charge in [-0.15, -0.1) is 0 Å². The minimum atomic E-state index is -1.59. The van der Waals surface area contributed by atoms with Crippen molar-refractivity contribution >= 4 is 0 Å². The monoisotopic (exact) mass is 373 g/mol. The Bertz CT molecular complexity index is 939. The third-order valence-corrected chi connectivity index (χ3v) is 5.46. The number of nitrogens with two attached hydrogens (primary N) is 1. The van der Waals surface area contributed by atoms with E-state index in [2.05, 4.69) is 23.1 Å². The highest BCUT2D eigenvalue weighted by molar-refractivity contribution is 5.59. The molecule has 0 saturated carbocycles. The summed E-state index contributed by atoms with van der Waals surface area (Å²) in [5.74, 6) is 0.0883. The molecule has 0 fully saturated rings. The highest BCUT2D eigenvalue weighted by Gasteiger charge is 2.54. The molecule has 1 aliphatic carbocycles. The van der Waals surface area contributed by atoms with E-state index in [1.54, 1.807) is 0 Å². The van der Waals surface area contributed by atoms with Crippen LogP contribution in [0.2, 0.25) is 0 Å². The summed E-state index contributed by atoms with van der Waals surface area (Å²) in [7, 11) is 1.98. The van der Waals surface area contributed by atoms with Crippen LogP contribution in [0.5, 0.6) is 5.75 Å². The molecule has 0 amide bonds. The lowest BCUT2D eigenvalue weighted by molar-refractivity contribution is 0.235. The number of hydrogen-bond acceptors (Lipinski definition) is 6. The predicted octanol–water partition coefficient (Wildman–Crippen LogP) is 2.83. The average Bonchev–Trinajstić information content (AvgIpc) is 2.68. The Balaban J connectivity index is 2.19. The van der Waals surface area contributed by atoms with E-state index < -0.39 is 11.3 Å². The molecule has 0 saturated heterocycles. The molecular weight excluding hydrogens is 350 g/mol. The maximum absolute atomic E-state index is 10.0. The number of likely N-dealkylation sites (N-methyl/N-ethyl adjacent to an activating group) is 1. The molecule has 0 spiro atoms. The molecule has 0 radical (unpaired) electrons. The minimum absolute atomic E-state index is 0.0520. The van der Waals surface area contributed by atoms with E-state index in [1.807, 2.05) is 51.2 Å². The molecule has 1 aromatic rings. The van der Waals surface area contributed by atoms with Crippen molar-refractivity contribution in [2.45, 2.75) is 25.9 Å². The van der Waals surface area contributed by atoms with Crippen LogP contribution < -0.4 is 10.5 Å². The lowest BCUT2D eigenvalue weighted by Gasteiger charge is -2.45. The lowest BCUT2D eigenvalue weighted by Crippen LogP contribution is -2.47. The zero-order chi connectivity index (χ0) is 20.5. The topological polar surface area (TPSA) is 110 Å². The normalized spacial score (nSPS) is 23.8. The third kappa shape index (κ3) is 3.01. The van der Waals surface area contributed by atoms with Crippen molar-refractivity contribution in [1.82, 2.24) is 4.90 Å². The second kappa shape index (κ2) is 7.39. The summed E-state index contributed by atoms with van der Waals surface area (Å²) in [4.78, 5) is 2.12. The first-order valence-electron chi connectivity index (χ1n) is 9.26. The highest BCUT2D eigenvalue weighted by Crippen LogP contribution is 2.54. The summed E-state index contributed by atoms with van der Waals surface area (Å²) in [6, 6.07) is 13.9. The highest BCUT2D eigenvalue weighted by atomic mass is 16.5. The number of nitriles is 3. The molecule has 1 aliphatic heterocycles. The van der Waals surface area contributed by atoms with Crippen LogP contribution in [0.4, 0.5) is 0 Å². The number of rotatable bonds is 3. The number of benzene rings is 1. The Hall–Kier alpha value is -3.27. The number of fused-ring (bicyclic) bond motifs is 1. The Labute approximate surface area is 165 Å². The molecule has 0 aromatic heterocycles. The van der Waals surface area contributed by atoms with Gasteiger partial charge < -0.3 is 15.4 Å². The number of allylic oxidation sites excluding steroid dienone is 2. The summed E-state index contributed by atoms with van der Waals surface area (Å²) in [6.45, 7) is 5.25. The van der Waals surface area contributed by atoms with E-state index in [4.69, 9.17) is 10.5 Å². The van der Waals surface area contributed by atoms with Crippen LogP contribution in [0, 0.1) is 45.3 Å². The molecule has 6 heteroatoms. The van der Waals surface area contributed by atoms with Gasteiger partial charge in [-0.05, 0) is 44.2 Å². The van der Waals surface area contributed by atoms with E-state index >= 15 is 0 Å². The van der Waals surface area contributed by atoms with Crippen molar-refractivity contribution in [3.05, 3.63) is 52.7 Å². The third-order valence-electron chi connectivity index (χ3n) is 5.46. The standard InChI is InChI=1S/C22H23N5O/c1-14(2)28-16-6-4-15(5-7-16)20-19-11-27(3)9-8-17(19)18(10-23)21(26)22(20,12-24)13-25/h4-8,14,19-20H,9,11,26H2,1-3H3/t19-,20-/m1/s1. The molecule has 1 heterocycles. The Kier molecular flexibility index (Phi) is 5.14. The summed E-state index contributed by atoms with van der Waals surface area (Å²) in [6.07, 6.45) is 2.04. The molecule has 3 rings (SSSR count). The Morgan fingerprint density at radius 3 is 2.36 bits per heavy atom. The SMILES string of the molecule is CC(C)Oc1ccc([C@@H]2[C@@H]3CN(C)CC=C3C(C#N)=C(N)C2(C#N)C#N)cc1. The van der Waals surface area contributed by atoms with Crippen LogP contribution in [-0.2, 0) is 0 Å². The molecule has 142 valence electrons. The Morgan fingerprint density at radius 2 is 1.82 bits per heavy atom. The van der Waals surface area contributed by atoms with Crippen molar-refractivity contribution in [2.75, 3.05) is 20.1 Å². The first-order valence-corrected chi connectivity index (χ1v) is 9.26. The minimum Gasteiger partial charge on any atom is -0.491 e. The van der Waals surface area contributed by atoms with Crippen LogP contribution in [0.1, 0.15) is 25.3 Å². The summed E-state index contributed by atoms with van der Waals surface area (Å²) < 4.78 is 5.71. The first kappa shape index (κ1) is 19.5. The van der Waals surface area contributed by atoms with Gasteiger partial charge in [0.1, 0.15) is 11.8 Å². The maximum Gasteiger partial charge on any atom is 0.191 e. The quantitative estimate of drug-likeness (QED) is 0.872. The molecule has 2 N–H and O–H groups in total. The van der Waals surface area contributed by atoms with Crippen molar-refractivity contribution in [2.24, 2.45) is 17.1 Å². The zero-order valence-electron chi connectivity index (χ0n) is 16.3. The van der Waals surface area contributed by atoms with Crippen LogP contribution in [0.15, 0.2) is 47.2 Å². The van der Waals surface area contributed by atoms with Crippen molar-refractivity contribution < 1.29 is 4.74 Å². The van der Waals surface area contributed by atoms with Crippen LogP contribution >= 0.6 is 0 Å². The molecule has 0 bridgehead atoms. The van der Waals surface area contributed by atoms with E-state index in [0.717, 1.165) is 16.9 Å². The maximum atomic E-state index is 10.0. The van der Waals surface area contributed by atoms with Crippen LogP contribution in [0.25, 0.3) is 0 Å². The second-order valence-corrected chi connectivity index (χ2v) is 7.63. The number of nitrogens with zero attached hydrogens (tertiary/aromatic N) is 4. The summed E-state index contributed by atoms with van der Waals surface area (Å²) in [5, 5.41) is 29.8. The van der Waals surface area contributed by atoms with Gasteiger partial charge in [0.2, 0.25) is 0 Å². The number of hydrogen-bond donors (Lipinski definition) is 1. The van der Waals surface area contributed by atoms with Gasteiger partial charge >= 0.3 is 0 Å². The lowest BCUT2D eigenvalue weighted by atomic mass is 9.58. The average molecular weight is 373 g/mol. The summed E-state index contributed by atoms with van der Waals surface area (Å²) >= 11 is 0. The molecular formula is C22H23N5O. The zero-order valence-corrected chi connectivity index (χ0v) is 16.3. The van der Waals surface area contributed by atoms with E-state index in [0.29, 0.717) is 13.1 Å². The Morgan fingerprint density at radius 1 is 1.18 bits per heavy atom.